The van der Waals surface area contributed by atoms with E-state index in [0.29, 0.717) is 0 Å². The zero-order chi connectivity index (χ0) is 50.2. The van der Waals surface area contributed by atoms with Crippen LogP contribution in [0, 0.1) is 0 Å². The van der Waals surface area contributed by atoms with Gasteiger partial charge < -0.3 is 14.7 Å². The fourth-order valence-electron chi connectivity index (χ4n) is 10.1. The number of benzene rings is 11. The van der Waals surface area contributed by atoms with Gasteiger partial charge in [-0.3, -0.25) is 0 Å². The monoisotopic (exact) mass is 977 g/mol. The molecule has 1 aromatic heterocycles. The van der Waals surface area contributed by atoms with E-state index in [2.05, 4.69) is 330 Å². The molecule has 0 aliphatic carbocycles. The maximum absolute atomic E-state index is 2.36. The molecular weight excluding hydrogens is 926 g/mol. The molecular formula is C71H52N3P. The number of anilines is 9. The van der Waals surface area contributed by atoms with Gasteiger partial charge in [0.05, 0.1) is 11.4 Å². The molecule has 0 aliphatic heterocycles. The van der Waals surface area contributed by atoms with Crippen LogP contribution in [0.25, 0.3) is 54.9 Å². The lowest BCUT2D eigenvalue weighted by molar-refractivity contribution is 1.29. The Morgan fingerprint density at radius 3 is 0.907 bits per heavy atom. The number of hydrogen-bond acceptors (Lipinski definition) is 3. The summed E-state index contributed by atoms with van der Waals surface area (Å²) in [5.41, 5.74) is 16.7. The van der Waals surface area contributed by atoms with Gasteiger partial charge >= 0.3 is 0 Å². The summed E-state index contributed by atoms with van der Waals surface area (Å²) >= 11 is 0. The minimum absolute atomic E-state index is 1.07. The van der Waals surface area contributed by atoms with Crippen molar-refractivity contribution in [3.05, 3.63) is 315 Å². The first-order valence-corrected chi connectivity index (χ1v) is 26.5. The molecule has 3 nitrogen and oxygen atoms in total. The molecule has 11 aromatic carbocycles. The lowest BCUT2D eigenvalue weighted by atomic mass is 9.93. The van der Waals surface area contributed by atoms with Crippen molar-refractivity contribution < 1.29 is 0 Å². The second-order valence-corrected chi connectivity index (χ2v) is 19.3. The molecule has 0 spiro atoms. The van der Waals surface area contributed by atoms with Crippen molar-refractivity contribution in [1.82, 2.24) is 0 Å². The van der Waals surface area contributed by atoms with Crippen molar-refractivity contribution in [3.8, 4) is 33.4 Å². The highest BCUT2D eigenvalue weighted by molar-refractivity contribution is 7.28. The van der Waals surface area contributed by atoms with Gasteiger partial charge in [-0.1, -0.05) is 196 Å². The quantitative estimate of drug-likeness (QED) is 0.121. The molecule has 0 bridgehead atoms. The van der Waals surface area contributed by atoms with Crippen molar-refractivity contribution >= 4 is 80.9 Å². The second-order valence-electron chi connectivity index (χ2n) is 18.4. The summed E-state index contributed by atoms with van der Waals surface area (Å²) in [5.74, 6) is 4.30. The Hall–Kier alpha value is -9.53. The van der Waals surface area contributed by atoms with Gasteiger partial charge in [-0.25, -0.2) is 0 Å². The van der Waals surface area contributed by atoms with Crippen LogP contribution in [0.1, 0.15) is 0 Å². The molecule has 0 aliphatic rings. The van der Waals surface area contributed by atoms with E-state index in [1.807, 2.05) is 0 Å². The first kappa shape index (κ1) is 46.5. The Morgan fingerprint density at radius 2 is 0.493 bits per heavy atom. The Balaban J connectivity index is 0.965. The van der Waals surface area contributed by atoms with E-state index in [9.17, 15) is 0 Å². The molecule has 75 heavy (non-hydrogen) atoms. The number of nitrogens with zero attached hydrogens (tertiary/aromatic N) is 3. The van der Waals surface area contributed by atoms with Crippen LogP contribution in [0.4, 0.5) is 51.2 Å². The van der Waals surface area contributed by atoms with Gasteiger partial charge in [0.1, 0.15) is 0 Å². The van der Waals surface area contributed by atoms with Crippen LogP contribution in [0.2, 0.25) is 0 Å². The molecule has 1 heterocycles. The van der Waals surface area contributed by atoms with E-state index in [1.165, 1.54) is 21.5 Å². The van der Waals surface area contributed by atoms with Crippen LogP contribution in [-0.2, 0) is 0 Å². The van der Waals surface area contributed by atoms with E-state index in [1.54, 1.807) is 0 Å². The zero-order valence-corrected chi connectivity index (χ0v) is 42.2. The third-order valence-electron chi connectivity index (χ3n) is 13.7. The molecule has 4 heteroatoms. The summed E-state index contributed by atoms with van der Waals surface area (Å²) in [7, 11) is 1.15. The van der Waals surface area contributed by atoms with Gasteiger partial charge in [0.25, 0.3) is 0 Å². The van der Waals surface area contributed by atoms with Gasteiger partial charge in [0.2, 0.25) is 0 Å². The second kappa shape index (κ2) is 21.7. The van der Waals surface area contributed by atoms with E-state index in [0.717, 1.165) is 92.8 Å². The lowest BCUT2D eigenvalue weighted by Gasteiger charge is -2.27. The first-order valence-electron chi connectivity index (χ1n) is 25.4. The fraction of sp³-hybridized carbons (Fsp3) is 0. The van der Waals surface area contributed by atoms with Gasteiger partial charge in [-0.05, 0) is 171 Å². The Morgan fingerprint density at radius 1 is 0.200 bits per heavy atom. The number of rotatable bonds is 12. The molecule has 12 rings (SSSR count). The SMILES string of the molecule is c1ccc(N(c2cccccpccc2)c2ccc(-c3cc(-c4ccc(N(c5ccccc5)c5cccc6ccccc56)cc4)cc(-c4ccc(N(c5ccccc5)c5cccc6ccccc56)cc4)c3)cc2)cc1. The van der Waals surface area contributed by atoms with Gasteiger partial charge in [-0.2, -0.15) is 0 Å². The molecule has 0 atom stereocenters. The van der Waals surface area contributed by atoms with Crippen LogP contribution >= 0.6 is 8.19 Å². The maximum Gasteiger partial charge on any atom is 0.0540 e. The minimum Gasteiger partial charge on any atom is -0.311 e. The maximum atomic E-state index is 2.36. The summed E-state index contributed by atoms with van der Waals surface area (Å²) in [5, 5.41) is 4.82. The molecule has 0 saturated carbocycles. The van der Waals surface area contributed by atoms with Crippen LogP contribution < -0.4 is 14.7 Å². The Labute approximate surface area is 441 Å². The smallest absolute Gasteiger partial charge is 0.0540 e. The first-order chi connectivity index (χ1) is 37.2. The van der Waals surface area contributed by atoms with Crippen molar-refractivity contribution in [3.63, 3.8) is 0 Å². The van der Waals surface area contributed by atoms with Crippen LogP contribution in [0.3, 0.4) is 0 Å². The molecule has 0 unspecified atom stereocenters. The van der Waals surface area contributed by atoms with Crippen molar-refractivity contribution in [2.75, 3.05) is 14.7 Å². The minimum atomic E-state index is 1.07. The lowest BCUT2D eigenvalue weighted by Crippen LogP contribution is -2.10. The molecule has 12 aromatic rings. The predicted molar refractivity (Wildman–Crippen MR) is 322 cm³/mol. The third kappa shape index (κ3) is 10.0. The molecule has 0 amide bonds. The van der Waals surface area contributed by atoms with E-state index in [-0.39, 0.29) is 0 Å². The molecule has 0 saturated heterocycles. The predicted octanol–water partition coefficient (Wildman–Crippen LogP) is 21.1. The summed E-state index contributed by atoms with van der Waals surface area (Å²) < 4.78 is 0. The van der Waals surface area contributed by atoms with Gasteiger partial charge in [0, 0.05) is 50.6 Å². The Kier molecular flexibility index (Phi) is 13.4. The summed E-state index contributed by atoms with van der Waals surface area (Å²) in [6, 6.07) is 109. The van der Waals surface area contributed by atoms with Crippen LogP contribution in [0.15, 0.2) is 315 Å². The van der Waals surface area contributed by atoms with Gasteiger partial charge in [-0.15, -0.1) is 0 Å². The van der Waals surface area contributed by atoms with Crippen molar-refractivity contribution in [2.45, 2.75) is 0 Å². The molecule has 0 radical (unpaired) electrons. The average molecular weight is 978 g/mol. The standard InChI is InChI=1S/C71H52N3P/c1-5-24-61(25-6-1)72(62-26-11-4-16-48-75-49-19-31-62)65-42-36-53(37-43-65)58-50-59(54-38-44-66(45-39-54)73(63-27-7-2-8-28-63)70-34-17-22-56-20-12-14-32-68(56)70)52-60(51-58)55-40-46-67(47-41-55)74(64-29-9-3-10-30-64)71-35-18-23-57-21-13-15-33-69(57)71/h1-52H. The highest BCUT2D eigenvalue weighted by atomic mass is 31.0. The van der Waals surface area contributed by atoms with E-state index < -0.39 is 0 Å². The topological polar surface area (TPSA) is 9.72 Å². The largest absolute Gasteiger partial charge is 0.311 e. The van der Waals surface area contributed by atoms with E-state index >= 15 is 0 Å². The van der Waals surface area contributed by atoms with Crippen molar-refractivity contribution in [1.29, 1.82) is 0 Å². The summed E-state index contributed by atoms with van der Waals surface area (Å²) in [4.78, 5) is 7.05. The highest BCUT2D eigenvalue weighted by Crippen LogP contribution is 2.43. The normalized spacial score (nSPS) is 11.0. The Bertz CT molecular complexity index is 3720. The fourth-order valence-corrected chi connectivity index (χ4v) is 10.6. The molecule has 0 fully saturated rings. The number of para-hydroxylation sites is 3. The van der Waals surface area contributed by atoms with E-state index in [4.69, 9.17) is 0 Å². The number of hydrogen-bond donors (Lipinski definition) is 0. The summed E-state index contributed by atoms with van der Waals surface area (Å²) in [6.45, 7) is 0. The van der Waals surface area contributed by atoms with Crippen molar-refractivity contribution in [2.24, 2.45) is 0 Å². The number of fused-ring (bicyclic) bond motifs is 2. The third-order valence-corrected chi connectivity index (χ3v) is 14.4. The van der Waals surface area contributed by atoms with Gasteiger partial charge in [0.15, 0.2) is 0 Å². The highest BCUT2D eigenvalue weighted by Gasteiger charge is 2.19. The average Bonchev–Trinajstić information content (AvgIpc) is 3.48. The molecule has 356 valence electrons. The zero-order valence-electron chi connectivity index (χ0n) is 41.3. The molecule has 0 N–H and O–H groups in total. The van der Waals surface area contributed by atoms with Crippen LogP contribution in [-0.4, -0.2) is 0 Å². The summed E-state index contributed by atoms with van der Waals surface area (Å²) in [6.07, 6.45) is 0. The van der Waals surface area contributed by atoms with Crippen LogP contribution in [0.5, 0.6) is 0 Å².